The average molecular weight is 568 g/mol. The molecule has 7 nitrogen and oxygen atoms in total. The Morgan fingerprint density at radius 3 is 2.41 bits per heavy atom. The Labute approximate surface area is 235 Å². The van der Waals surface area contributed by atoms with Crippen molar-refractivity contribution >= 4 is 50.8 Å². The van der Waals surface area contributed by atoms with E-state index in [-0.39, 0.29) is 28.9 Å². The molecule has 4 aromatic rings. The monoisotopic (exact) mass is 567 g/mol. The van der Waals surface area contributed by atoms with Gasteiger partial charge in [0.1, 0.15) is 10.6 Å². The lowest BCUT2D eigenvalue weighted by Gasteiger charge is -2.19. The predicted octanol–water partition coefficient (Wildman–Crippen LogP) is 7.28. The second kappa shape index (κ2) is 11.2. The van der Waals surface area contributed by atoms with Crippen LogP contribution in [0, 0.1) is 13.8 Å². The molecule has 0 saturated heterocycles. The highest BCUT2D eigenvalue weighted by Gasteiger charge is 2.24. The molecule has 0 aliphatic carbocycles. The van der Waals surface area contributed by atoms with Crippen LogP contribution in [-0.2, 0) is 14.9 Å². The topological polar surface area (TPSA) is 94.8 Å². The number of benzene rings is 2. The van der Waals surface area contributed by atoms with Crippen molar-refractivity contribution in [1.29, 1.82) is 0 Å². The maximum atomic E-state index is 13.5. The van der Waals surface area contributed by atoms with E-state index in [1.807, 2.05) is 31.2 Å². The minimum absolute atomic E-state index is 0.0577. The number of esters is 1. The van der Waals surface area contributed by atoms with Crippen LogP contribution in [0.5, 0.6) is 5.75 Å². The lowest BCUT2D eigenvalue weighted by Crippen LogP contribution is -2.23. The Bertz CT molecular complexity index is 1610. The number of rotatable bonds is 7. The Morgan fingerprint density at radius 1 is 1.08 bits per heavy atom. The van der Waals surface area contributed by atoms with Gasteiger partial charge in [0.25, 0.3) is 5.91 Å². The van der Waals surface area contributed by atoms with Gasteiger partial charge in [0.15, 0.2) is 12.4 Å². The molecule has 0 aliphatic rings. The van der Waals surface area contributed by atoms with E-state index in [9.17, 15) is 14.4 Å². The number of carbonyl (C=O) groups is 2. The van der Waals surface area contributed by atoms with Gasteiger partial charge < -0.3 is 19.2 Å². The normalized spacial score (nSPS) is 11.5. The number of hydrogen-bond donors (Lipinski definition) is 1. The SMILES string of the molecule is CCOC(=O)c1c(NC(=O)COc2c(-c3ccc(C(C)(C)C)cc3)oc3ccc(Cl)cc3c2=O)sc(C)c1C. The maximum Gasteiger partial charge on any atom is 0.341 e. The molecule has 0 atom stereocenters. The third-order valence-corrected chi connectivity index (χ3v) is 7.65. The van der Waals surface area contributed by atoms with Gasteiger partial charge >= 0.3 is 5.97 Å². The quantitative estimate of drug-likeness (QED) is 0.236. The lowest BCUT2D eigenvalue weighted by molar-refractivity contribution is -0.118. The van der Waals surface area contributed by atoms with Gasteiger partial charge in [0.05, 0.1) is 17.6 Å². The second-order valence-corrected chi connectivity index (χ2v) is 11.8. The standard InChI is InChI=1S/C30H30ClNO6S/c1-7-36-29(35)24-16(2)17(3)39-28(24)32-23(33)15-37-27-25(34)21-14-20(31)12-13-22(21)38-26(27)18-8-10-19(11-9-18)30(4,5)6/h8-14H,7,15H2,1-6H3,(H,32,33). The summed E-state index contributed by atoms with van der Waals surface area (Å²) in [5, 5.41) is 3.71. The van der Waals surface area contributed by atoms with Crippen molar-refractivity contribution in [2.45, 2.75) is 47.0 Å². The molecule has 0 unspecified atom stereocenters. The number of aryl methyl sites for hydroxylation is 1. The highest BCUT2D eigenvalue weighted by molar-refractivity contribution is 7.16. The molecule has 0 bridgehead atoms. The predicted molar refractivity (Wildman–Crippen MR) is 156 cm³/mol. The molecule has 0 saturated carbocycles. The molecule has 2 heterocycles. The summed E-state index contributed by atoms with van der Waals surface area (Å²) >= 11 is 7.40. The van der Waals surface area contributed by atoms with Crippen molar-refractivity contribution in [1.82, 2.24) is 0 Å². The van der Waals surface area contributed by atoms with Crippen LogP contribution in [0.3, 0.4) is 0 Å². The minimum Gasteiger partial charge on any atom is -0.476 e. The van der Waals surface area contributed by atoms with E-state index in [2.05, 4.69) is 26.1 Å². The molecular weight excluding hydrogens is 538 g/mol. The fraction of sp³-hybridized carbons (Fsp3) is 0.300. The van der Waals surface area contributed by atoms with Gasteiger partial charge in [-0.3, -0.25) is 9.59 Å². The number of amides is 1. The van der Waals surface area contributed by atoms with Crippen LogP contribution in [0.25, 0.3) is 22.3 Å². The van der Waals surface area contributed by atoms with Crippen molar-refractivity contribution in [3.05, 3.63) is 79.3 Å². The van der Waals surface area contributed by atoms with Crippen molar-refractivity contribution in [3.63, 3.8) is 0 Å². The molecule has 0 spiro atoms. The summed E-state index contributed by atoms with van der Waals surface area (Å²) in [7, 11) is 0. The van der Waals surface area contributed by atoms with Crippen LogP contribution in [0.2, 0.25) is 5.02 Å². The van der Waals surface area contributed by atoms with Gasteiger partial charge in [0.2, 0.25) is 11.2 Å². The van der Waals surface area contributed by atoms with Crippen LogP contribution in [0.4, 0.5) is 5.00 Å². The molecule has 204 valence electrons. The van der Waals surface area contributed by atoms with Crippen molar-refractivity contribution in [2.75, 3.05) is 18.5 Å². The van der Waals surface area contributed by atoms with E-state index in [1.54, 1.807) is 26.0 Å². The van der Waals surface area contributed by atoms with Gasteiger partial charge in [-0.2, -0.15) is 0 Å². The second-order valence-electron chi connectivity index (χ2n) is 10.1. The van der Waals surface area contributed by atoms with Gasteiger partial charge in [-0.15, -0.1) is 11.3 Å². The molecule has 9 heteroatoms. The summed E-state index contributed by atoms with van der Waals surface area (Å²) in [5.41, 5.74) is 2.63. The Balaban J connectivity index is 1.68. The number of halogens is 1. The third kappa shape index (κ3) is 6.02. The molecular formula is C30H30ClNO6S. The van der Waals surface area contributed by atoms with Crippen molar-refractivity contribution < 1.29 is 23.5 Å². The molecule has 0 aliphatic heterocycles. The fourth-order valence-electron chi connectivity index (χ4n) is 4.06. The van der Waals surface area contributed by atoms with Crippen LogP contribution in [0.15, 0.2) is 51.7 Å². The highest BCUT2D eigenvalue weighted by Crippen LogP contribution is 2.35. The summed E-state index contributed by atoms with van der Waals surface area (Å²) in [6.45, 7) is 11.4. The smallest absolute Gasteiger partial charge is 0.341 e. The molecule has 1 N–H and O–H groups in total. The van der Waals surface area contributed by atoms with Crippen molar-refractivity contribution in [2.24, 2.45) is 0 Å². The molecule has 0 radical (unpaired) electrons. The number of ether oxygens (including phenoxy) is 2. The van der Waals surface area contributed by atoms with E-state index in [0.29, 0.717) is 26.7 Å². The summed E-state index contributed by atoms with van der Waals surface area (Å²) in [4.78, 5) is 39.8. The Morgan fingerprint density at radius 2 is 1.77 bits per heavy atom. The van der Waals surface area contributed by atoms with E-state index in [1.165, 1.54) is 17.4 Å². The number of anilines is 1. The summed E-state index contributed by atoms with van der Waals surface area (Å²) in [6.07, 6.45) is 0. The Kier molecular flexibility index (Phi) is 8.18. The summed E-state index contributed by atoms with van der Waals surface area (Å²) in [5.74, 6) is -0.948. The Hall–Kier alpha value is -3.62. The zero-order valence-corrected chi connectivity index (χ0v) is 24.3. The van der Waals surface area contributed by atoms with Gasteiger partial charge in [0, 0.05) is 15.5 Å². The molecule has 1 amide bonds. The zero-order chi connectivity index (χ0) is 28.5. The fourth-order valence-corrected chi connectivity index (χ4v) is 5.29. The summed E-state index contributed by atoms with van der Waals surface area (Å²) in [6, 6.07) is 12.4. The molecule has 2 aromatic carbocycles. The van der Waals surface area contributed by atoms with Crippen LogP contribution in [-0.4, -0.2) is 25.1 Å². The number of carbonyl (C=O) groups excluding carboxylic acids is 2. The molecule has 0 fully saturated rings. The van der Waals surface area contributed by atoms with E-state index >= 15 is 0 Å². The molecule has 4 rings (SSSR count). The van der Waals surface area contributed by atoms with Gasteiger partial charge in [-0.25, -0.2) is 4.79 Å². The maximum absolute atomic E-state index is 13.5. The average Bonchev–Trinajstić information content (AvgIpc) is 3.15. The number of nitrogens with one attached hydrogen (secondary N) is 1. The first-order valence-corrected chi connectivity index (χ1v) is 13.7. The van der Waals surface area contributed by atoms with E-state index in [0.717, 1.165) is 16.0 Å². The number of thiophene rings is 1. The first kappa shape index (κ1) is 28.4. The van der Waals surface area contributed by atoms with Gasteiger partial charge in [-0.05, 0) is 55.5 Å². The first-order chi connectivity index (χ1) is 18.4. The largest absolute Gasteiger partial charge is 0.476 e. The lowest BCUT2D eigenvalue weighted by atomic mass is 9.86. The van der Waals surface area contributed by atoms with Crippen molar-refractivity contribution in [3.8, 4) is 17.1 Å². The van der Waals surface area contributed by atoms with Crippen LogP contribution in [0.1, 0.15) is 54.1 Å². The summed E-state index contributed by atoms with van der Waals surface area (Å²) < 4.78 is 17.1. The number of fused-ring (bicyclic) bond motifs is 1. The third-order valence-electron chi connectivity index (χ3n) is 6.29. The zero-order valence-electron chi connectivity index (χ0n) is 22.7. The van der Waals surface area contributed by atoms with E-state index < -0.39 is 23.9 Å². The first-order valence-electron chi connectivity index (χ1n) is 12.5. The molecule has 2 aromatic heterocycles. The molecule has 39 heavy (non-hydrogen) atoms. The minimum atomic E-state index is -0.540. The highest BCUT2D eigenvalue weighted by atomic mass is 35.5. The van der Waals surface area contributed by atoms with Crippen LogP contribution >= 0.6 is 22.9 Å². The van der Waals surface area contributed by atoms with Gasteiger partial charge in [-0.1, -0.05) is 56.6 Å². The number of hydrogen-bond acceptors (Lipinski definition) is 7. The van der Waals surface area contributed by atoms with Crippen LogP contribution < -0.4 is 15.5 Å². The van der Waals surface area contributed by atoms with E-state index in [4.69, 9.17) is 25.5 Å².